The first-order valence-electron chi connectivity index (χ1n) is 5.39. The van der Waals surface area contributed by atoms with Crippen molar-refractivity contribution in [1.29, 1.82) is 0 Å². The molecule has 0 fully saturated rings. The first-order chi connectivity index (χ1) is 8.30. The van der Waals surface area contributed by atoms with E-state index in [1.165, 1.54) is 10.9 Å². The van der Waals surface area contributed by atoms with Crippen molar-refractivity contribution in [3.05, 3.63) is 30.0 Å². The zero-order valence-corrected chi connectivity index (χ0v) is 11.3. The summed E-state index contributed by atoms with van der Waals surface area (Å²) in [6.45, 7) is 1.85. The smallest absolute Gasteiger partial charge is 0.176 e. The van der Waals surface area contributed by atoms with Gasteiger partial charge in [0.1, 0.15) is 5.82 Å². The highest BCUT2D eigenvalue weighted by Crippen LogP contribution is 2.31. The van der Waals surface area contributed by atoms with Crippen molar-refractivity contribution in [2.45, 2.75) is 11.8 Å². The maximum Gasteiger partial charge on any atom is 0.176 e. The fourth-order valence-corrected chi connectivity index (χ4v) is 2.79. The molecule has 2 N–H and O–H groups in total. The molecule has 0 spiro atoms. The molecule has 2 rings (SSSR count). The van der Waals surface area contributed by atoms with Gasteiger partial charge in [0, 0.05) is 24.4 Å². The van der Waals surface area contributed by atoms with Crippen LogP contribution in [0.5, 0.6) is 0 Å². The predicted molar refractivity (Wildman–Crippen MR) is 70.9 cm³/mol. The number of aryl methyl sites for hydroxylation is 2. The molecule has 0 saturated carbocycles. The molecule has 18 heavy (non-hydrogen) atoms. The molecule has 0 aliphatic carbocycles. The van der Waals surface area contributed by atoms with Crippen LogP contribution in [0.15, 0.2) is 29.3 Å². The maximum atomic E-state index is 11.8. The average molecular weight is 265 g/mol. The number of hydrogen-bond donors (Lipinski definition) is 1. The molecule has 1 aromatic carbocycles. The Morgan fingerprint density at radius 2 is 1.94 bits per heavy atom. The van der Waals surface area contributed by atoms with Crippen molar-refractivity contribution in [3.8, 4) is 11.1 Å². The highest BCUT2D eigenvalue weighted by molar-refractivity contribution is 7.90. The Balaban J connectivity index is 2.76. The number of nitrogen functional groups attached to an aromatic ring is 1. The zero-order chi connectivity index (χ0) is 13.5. The van der Waals surface area contributed by atoms with Crippen LogP contribution in [-0.2, 0) is 16.9 Å². The van der Waals surface area contributed by atoms with Gasteiger partial charge in [-0.25, -0.2) is 8.42 Å². The van der Waals surface area contributed by atoms with Crippen LogP contribution in [0.3, 0.4) is 0 Å². The fraction of sp³-hybridized carbons (Fsp3) is 0.250. The van der Waals surface area contributed by atoms with E-state index in [-0.39, 0.29) is 4.90 Å². The SMILES string of the molecule is Cc1ccc(-c2cnn(C)c2N)c(S(C)(=O)=O)c1. The lowest BCUT2D eigenvalue weighted by Crippen LogP contribution is -2.02. The Kier molecular flexibility index (Phi) is 2.90. The molecule has 0 atom stereocenters. The van der Waals surface area contributed by atoms with Crippen LogP contribution < -0.4 is 5.73 Å². The monoisotopic (exact) mass is 265 g/mol. The number of anilines is 1. The molecule has 0 aliphatic heterocycles. The van der Waals surface area contributed by atoms with Crippen LogP contribution in [0.25, 0.3) is 11.1 Å². The lowest BCUT2D eigenvalue weighted by molar-refractivity contribution is 0.602. The molecule has 0 amide bonds. The maximum absolute atomic E-state index is 11.8. The number of aromatic nitrogens is 2. The summed E-state index contributed by atoms with van der Waals surface area (Å²) < 4.78 is 25.2. The third-order valence-electron chi connectivity index (χ3n) is 2.81. The van der Waals surface area contributed by atoms with Crippen molar-refractivity contribution in [2.24, 2.45) is 7.05 Å². The van der Waals surface area contributed by atoms with Crippen LogP contribution in [0.2, 0.25) is 0 Å². The van der Waals surface area contributed by atoms with Gasteiger partial charge in [-0.05, 0) is 18.6 Å². The van der Waals surface area contributed by atoms with E-state index in [1.807, 2.05) is 13.0 Å². The van der Waals surface area contributed by atoms with Gasteiger partial charge in [-0.1, -0.05) is 12.1 Å². The second-order valence-electron chi connectivity index (χ2n) is 4.34. The van der Waals surface area contributed by atoms with E-state index in [4.69, 9.17) is 5.73 Å². The fourth-order valence-electron chi connectivity index (χ4n) is 1.81. The van der Waals surface area contributed by atoms with Crippen LogP contribution >= 0.6 is 0 Å². The summed E-state index contributed by atoms with van der Waals surface area (Å²) in [5.41, 5.74) is 8.01. The molecule has 0 unspecified atom stereocenters. The second-order valence-corrected chi connectivity index (χ2v) is 6.32. The average Bonchev–Trinajstić information content (AvgIpc) is 2.59. The van der Waals surface area contributed by atoms with Gasteiger partial charge in [0.2, 0.25) is 0 Å². The standard InChI is InChI=1S/C12H15N3O2S/c1-8-4-5-9(11(6-8)18(3,16)17)10-7-14-15(2)12(10)13/h4-7H,13H2,1-3H3. The minimum Gasteiger partial charge on any atom is -0.383 e. The molecule has 0 saturated heterocycles. The van der Waals surface area contributed by atoms with Crippen LogP contribution in [0, 0.1) is 6.92 Å². The molecule has 1 aromatic heterocycles. The van der Waals surface area contributed by atoms with Crippen molar-refractivity contribution in [1.82, 2.24) is 9.78 Å². The molecule has 1 heterocycles. The van der Waals surface area contributed by atoms with Crippen molar-refractivity contribution in [3.63, 3.8) is 0 Å². The third-order valence-corrected chi connectivity index (χ3v) is 3.95. The Labute approximate surface area is 106 Å². The Hall–Kier alpha value is -1.82. The minimum absolute atomic E-state index is 0.280. The number of rotatable bonds is 2. The molecule has 0 radical (unpaired) electrons. The molecule has 2 aromatic rings. The number of benzene rings is 1. The first kappa shape index (κ1) is 12.6. The second kappa shape index (κ2) is 4.13. The topological polar surface area (TPSA) is 78.0 Å². The Morgan fingerprint density at radius 1 is 1.28 bits per heavy atom. The van der Waals surface area contributed by atoms with Gasteiger partial charge in [-0.2, -0.15) is 5.10 Å². The summed E-state index contributed by atoms with van der Waals surface area (Å²) in [7, 11) is -1.59. The van der Waals surface area contributed by atoms with Gasteiger partial charge in [0.05, 0.1) is 11.1 Å². The van der Waals surface area contributed by atoms with Crippen molar-refractivity contribution >= 4 is 15.7 Å². The summed E-state index contributed by atoms with van der Waals surface area (Å²) in [6.07, 6.45) is 2.77. The highest BCUT2D eigenvalue weighted by atomic mass is 32.2. The summed E-state index contributed by atoms with van der Waals surface area (Å²) in [6, 6.07) is 5.27. The van der Waals surface area contributed by atoms with Gasteiger partial charge in [-0.15, -0.1) is 0 Å². The molecule has 0 bridgehead atoms. The quantitative estimate of drug-likeness (QED) is 0.889. The Morgan fingerprint density at radius 3 is 2.44 bits per heavy atom. The van der Waals surface area contributed by atoms with Crippen molar-refractivity contribution in [2.75, 3.05) is 12.0 Å². The zero-order valence-electron chi connectivity index (χ0n) is 10.5. The number of nitrogens with two attached hydrogens (primary N) is 1. The third kappa shape index (κ3) is 2.11. The van der Waals surface area contributed by atoms with Gasteiger partial charge < -0.3 is 5.73 Å². The largest absolute Gasteiger partial charge is 0.383 e. The molecular weight excluding hydrogens is 250 g/mol. The van der Waals surface area contributed by atoms with Gasteiger partial charge in [-0.3, -0.25) is 4.68 Å². The first-order valence-corrected chi connectivity index (χ1v) is 7.28. The normalized spacial score (nSPS) is 11.7. The molecular formula is C12H15N3O2S. The summed E-state index contributed by atoms with van der Waals surface area (Å²) in [5, 5.41) is 4.03. The molecule has 96 valence electrons. The lowest BCUT2D eigenvalue weighted by Gasteiger charge is -2.08. The van der Waals surface area contributed by atoms with Crippen LogP contribution in [0.4, 0.5) is 5.82 Å². The predicted octanol–water partition coefficient (Wildman–Crippen LogP) is 1.38. The van der Waals surface area contributed by atoms with Gasteiger partial charge in [0.15, 0.2) is 9.84 Å². The summed E-state index contributed by atoms with van der Waals surface area (Å²) >= 11 is 0. The summed E-state index contributed by atoms with van der Waals surface area (Å²) in [5.74, 6) is 0.448. The van der Waals surface area contributed by atoms with Gasteiger partial charge in [0.25, 0.3) is 0 Å². The number of nitrogens with zero attached hydrogens (tertiary/aromatic N) is 2. The van der Waals surface area contributed by atoms with Crippen molar-refractivity contribution < 1.29 is 8.42 Å². The van der Waals surface area contributed by atoms with E-state index >= 15 is 0 Å². The van der Waals surface area contributed by atoms with E-state index in [1.54, 1.807) is 25.4 Å². The van der Waals surface area contributed by atoms with E-state index in [0.717, 1.165) is 5.56 Å². The van der Waals surface area contributed by atoms with Gasteiger partial charge >= 0.3 is 0 Å². The Bertz CT molecular complexity index is 702. The van der Waals surface area contributed by atoms with Crippen LogP contribution in [-0.4, -0.2) is 24.5 Å². The van der Waals surface area contributed by atoms with E-state index < -0.39 is 9.84 Å². The summed E-state index contributed by atoms with van der Waals surface area (Å²) in [4.78, 5) is 0.280. The van der Waals surface area contributed by atoms with E-state index in [9.17, 15) is 8.42 Å². The minimum atomic E-state index is -3.30. The highest BCUT2D eigenvalue weighted by Gasteiger charge is 2.18. The molecule has 0 aliphatic rings. The van der Waals surface area contributed by atoms with Crippen LogP contribution in [0.1, 0.15) is 5.56 Å². The lowest BCUT2D eigenvalue weighted by atomic mass is 10.1. The number of hydrogen-bond acceptors (Lipinski definition) is 4. The number of sulfone groups is 1. The molecule has 6 heteroatoms. The molecule has 5 nitrogen and oxygen atoms in total. The van der Waals surface area contributed by atoms with E-state index in [0.29, 0.717) is 16.9 Å². The van der Waals surface area contributed by atoms with E-state index in [2.05, 4.69) is 5.10 Å².